The maximum atomic E-state index is 5.94. The molecule has 2 aromatic carbocycles. The van der Waals surface area contributed by atoms with E-state index in [9.17, 15) is 0 Å². The lowest BCUT2D eigenvalue weighted by Crippen LogP contribution is -2.23. The van der Waals surface area contributed by atoms with Gasteiger partial charge in [-0.25, -0.2) is 0 Å². The molecular weight excluding hydrogens is 232 g/mol. The van der Waals surface area contributed by atoms with Gasteiger partial charge in [-0.05, 0) is 48.6 Å². The second-order valence-corrected chi connectivity index (χ2v) is 5.34. The lowest BCUT2D eigenvalue weighted by Gasteiger charge is -2.25. The highest BCUT2D eigenvalue weighted by molar-refractivity contribution is 5.61. The van der Waals surface area contributed by atoms with Crippen molar-refractivity contribution in [2.75, 3.05) is 17.2 Å². The van der Waals surface area contributed by atoms with E-state index < -0.39 is 0 Å². The monoisotopic (exact) mass is 252 g/mol. The highest BCUT2D eigenvalue weighted by Crippen LogP contribution is 2.28. The molecule has 19 heavy (non-hydrogen) atoms. The first-order valence-corrected chi connectivity index (χ1v) is 6.92. The van der Waals surface area contributed by atoms with Crippen LogP contribution in [0.25, 0.3) is 0 Å². The van der Waals surface area contributed by atoms with Crippen molar-refractivity contribution in [3.05, 3.63) is 59.2 Å². The van der Waals surface area contributed by atoms with Crippen molar-refractivity contribution in [1.82, 2.24) is 0 Å². The molecule has 2 N–H and O–H groups in total. The smallest absolute Gasteiger partial charge is 0.0432 e. The zero-order valence-corrected chi connectivity index (χ0v) is 11.4. The molecule has 0 saturated heterocycles. The zero-order valence-electron chi connectivity index (χ0n) is 11.4. The van der Waals surface area contributed by atoms with Crippen LogP contribution >= 0.6 is 0 Å². The Morgan fingerprint density at radius 1 is 1.05 bits per heavy atom. The molecule has 0 aromatic heterocycles. The number of fused-ring (bicyclic) bond motifs is 1. The molecule has 0 amide bonds. The Morgan fingerprint density at radius 2 is 1.84 bits per heavy atom. The third kappa shape index (κ3) is 2.43. The molecule has 0 unspecified atom stereocenters. The van der Waals surface area contributed by atoms with Crippen LogP contribution in [-0.2, 0) is 13.0 Å². The molecule has 1 aliphatic rings. The lowest BCUT2D eigenvalue weighted by atomic mass is 10.0. The van der Waals surface area contributed by atoms with Gasteiger partial charge in [0.2, 0.25) is 0 Å². The van der Waals surface area contributed by atoms with Crippen molar-refractivity contribution in [3.63, 3.8) is 0 Å². The van der Waals surface area contributed by atoms with Gasteiger partial charge in [0.15, 0.2) is 0 Å². The molecule has 0 spiro atoms. The number of nitrogen functional groups attached to an aromatic ring is 1. The van der Waals surface area contributed by atoms with Gasteiger partial charge in [0.1, 0.15) is 0 Å². The van der Waals surface area contributed by atoms with Crippen LogP contribution in [0.3, 0.4) is 0 Å². The minimum atomic E-state index is 0.845. The fourth-order valence-corrected chi connectivity index (χ4v) is 2.87. The molecule has 3 rings (SSSR count). The Hall–Kier alpha value is -1.96. The van der Waals surface area contributed by atoms with E-state index in [0.29, 0.717) is 0 Å². The van der Waals surface area contributed by atoms with E-state index >= 15 is 0 Å². The first-order chi connectivity index (χ1) is 9.24. The highest BCUT2D eigenvalue weighted by atomic mass is 15.1. The van der Waals surface area contributed by atoms with Gasteiger partial charge in [-0.1, -0.05) is 30.3 Å². The molecule has 0 aliphatic carbocycles. The van der Waals surface area contributed by atoms with Crippen molar-refractivity contribution >= 4 is 11.4 Å². The number of rotatable bonds is 1. The molecule has 98 valence electrons. The van der Waals surface area contributed by atoms with Gasteiger partial charge in [-0.15, -0.1) is 0 Å². The van der Waals surface area contributed by atoms with Crippen LogP contribution in [-0.4, -0.2) is 6.54 Å². The molecule has 0 atom stereocenters. The normalized spacial score (nSPS) is 14.9. The number of aryl methyl sites for hydroxylation is 2. The molecule has 1 aliphatic heterocycles. The SMILES string of the molecule is Cc1ccc(N)cc1N1CCCc2ccccc2C1. The predicted octanol–water partition coefficient (Wildman–Crippen LogP) is 3.53. The average molecular weight is 252 g/mol. The maximum Gasteiger partial charge on any atom is 0.0432 e. The van der Waals surface area contributed by atoms with Crippen LogP contribution in [0.1, 0.15) is 23.1 Å². The summed E-state index contributed by atoms with van der Waals surface area (Å²) in [7, 11) is 0. The first-order valence-electron chi connectivity index (χ1n) is 6.92. The molecule has 0 bridgehead atoms. The van der Waals surface area contributed by atoms with Crippen LogP contribution in [0.5, 0.6) is 0 Å². The largest absolute Gasteiger partial charge is 0.399 e. The molecule has 0 radical (unpaired) electrons. The Kier molecular flexibility index (Phi) is 3.16. The van der Waals surface area contributed by atoms with E-state index in [1.54, 1.807) is 0 Å². The van der Waals surface area contributed by atoms with Crippen LogP contribution < -0.4 is 10.6 Å². The zero-order chi connectivity index (χ0) is 13.2. The summed E-state index contributed by atoms with van der Waals surface area (Å²) < 4.78 is 0. The van der Waals surface area contributed by atoms with Crippen molar-refractivity contribution in [1.29, 1.82) is 0 Å². The number of nitrogens with two attached hydrogens (primary N) is 1. The van der Waals surface area contributed by atoms with E-state index in [2.05, 4.69) is 48.2 Å². The molecule has 0 saturated carbocycles. The van der Waals surface area contributed by atoms with Crippen LogP contribution in [0.4, 0.5) is 11.4 Å². The summed E-state index contributed by atoms with van der Waals surface area (Å²) in [6.07, 6.45) is 2.37. The topological polar surface area (TPSA) is 29.3 Å². The van der Waals surface area contributed by atoms with Gasteiger partial charge in [0.05, 0.1) is 0 Å². The quantitative estimate of drug-likeness (QED) is 0.787. The summed E-state index contributed by atoms with van der Waals surface area (Å²) in [5.74, 6) is 0. The third-order valence-corrected chi connectivity index (χ3v) is 3.93. The second-order valence-electron chi connectivity index (χ2n) is 5.34. The molecular formula is C17H20N2. The van der Waals surface area contributed by atoms with Gasteiger partial charge in [-0.3, -0.25) is 0 Å². The summed E-state index contributed by atoms with van der Waals surface area (Å²) in [4.78, 5) is 2.46. The van der Waals surface area contributed by atoms with Crippen molar-refractivity contribution < 1.29 is 0 Å². The van der Waals surface area contributed by atoms with Gasteiger partial charge in [0, 0.05) is 24.5 Å². The molecule has 2 aromatic rings. The van der Waals surface area contributed by atoms with Crippen molar-refractivity contribution in [2.24, 2.45) is 0 Å². The molecule has 1 heterocycles. The van der Waals surface area contributed by atoms with E-state index in [0.717, 1.165) is 18.8 Å². The summed E-state index contributed by atoms with van der Waals surface area (Å²) in [6, 6.07) is 15.0. The average Bonchev–Trinajstić information content (AvgIpc) is 2.63. The fraction of sp³-hybridized carbons (Fsp3) is 0.294. The number of nitrogens with zero attached hydrogens (tertiary/aromatic N) is 1. The summed E-state index contributed by atoms with van der Waals surface area (Å²) in [5.41, 5.74) is 12.3. The van der Waals surface area contributed by atoms with Crippen molar-refractivity contribution in [3.8, 4) is 0 Å². The third-order valence-electron chi connectivity index (χ3n) is 3.93. The first kappa shape index (κ1) is 12.1. The van der Waals surface area contributed by atoms with E-state index in [1.165, 1.54) is 35.2 Å². The number of anilines is 2. The fourth-order valence-electron chi connectivity index (χ4n) is 2.87. The van der Waals surface area contributed by atoms with Gasteiger partial charge in [-0.2, -0.15) is 0 Å². The maximum absolute atomic E-state index is 5.94. The summed E-state index contributed by atoms with van der Waals surface area (Å²) >= 11 is 0. The van der Waals surface area contributed by atoms with Gasteiger partial charge >= 0.3 is 0 Å². The Balaban J connectivity index is 1.96. The number of benzene rings is 2. The second kappa shape index (κ2) is 4.96. The van der Waals surface area contributed by atoms with E-state index in [-0.39, 0.29) is 0 Å². The van der Waals surface area contributed by atoms with E-state index in [1.807, 2.05) is 6.07 Å². The molecule has 0 fully saturated rings. The Labute approximate surface area is 114 Å². The number of hydrogen-bond acceptors (Lipinski definition) is 2. The van der Waals surface area contributed by atoms with Crippen LogP contribution in [0.2, 0.25) is 0 Å². The van der Waals surface area contributed by atoms with Crippen LogP contribution in [0, 0.1) is 6.92 Å². The predicted molar refractivity (Wildman–Crippen MR) is 81.4 cm³/mol. The number of hydrogen-bond donors (Lipinski definition) is 1. The van der Waals surface area contributed by atoms with E-state index in [4.69, 9.17) is 5.73 Å². The summed E-state index contributed by atoms with van der Waals surface area (Å²) in [5, 5.41) is 0. The minimum Gasteiger partial charge on any atom is -0.399 e. The Bertz CT molecular complexity index is 590. The standard InChI is InChI=1S/C17H20N2/c1-13-8-9-16(18)11-17(13)19-10-4-7-14-5-2-3-6-15(14)12-19/h2-3,5-6,8-9,11H,4,7,10,12,18H2,1H3. The van der Waals surface area contributed by atoms with Gasteiger partial charge < -0.3 is 10.6 Å². The van der Waals surface area contributed by atoms with Crippen molar-refractivity contribution in [2.45, 2.75) is 26.3 Å². The summed E-state index contributed by atoms with van der Waals surface area (Å²) in [6.45, 7) is 4.24. The lowest BCUT2D eigenvalue weighted by molar-refractivity contribution is 0.764. The van der Waals surface area contributed by atoms with Crippen LogP contribution in [0.15, 0.2) is 42.5 Å². The van der Waals surface area contributed by atoms with Gasteiger partial charge in [0.25, 0.3) is 0 Å². The Morgan fingerprint density at radius 3 is 2.68 bits per heavy atom. The molecule has 2 nitrogen and oxygen atoms in total. The molecule has 2 heteroatoms. The highest BCUT2D eigenvalue weighted by Gasteiger charge is 2.15. The minimum absolute atomic E-state index is 0.845.